The minimum absolute atomic E-state index is 0.0396. The Hall–Kier alpha value is -2.23. The van der Waals surface area contributed by atoms with Gasteiger partial charge in [-0.05, 0) is 43.3 Å². The molecule has 2 aromatic carbocycles. The average molecular weight is 441 g/mol. The molecule has 0 unspecified atom stereocenters. The quantitative estimate of drug-likeness (QED) is 0.642. The summed E-state index contributed by atoms with van der Waals surface area (Å²) < 4.78 is 26.9. The molecule has 0 radical (unpaired) electrons. The molecule has 0 atom stereocenters. The van der Waals surface area contributed by atoms with Crippen molar-refractivity contribution in [3.63, 3.8) is 0 Å². The van der Waals surface area contributed by atoms with Crippen LogP contribution in [-0.4, -0.2) is 42.9 Å². The van der Waals surface area contributed by atoms with Crippen LogP contribution in [0.2, 0.25) is 0 Å². The highest BCUT2D eigenvalue weighted by molar-refractivity contribution is 9.10. The first kappa shape index (κ1) is 20.1. The van der Waals surface area contributed by atoms with E-state index in [0.717, 1.165) is 10.0 Å². The summed E-state index contributed by atoms with van der Waals surface area (Å²) >= 11 is 3.26. The summed E-state index contributed by atoms with van der Waals surface area (Å²) in [6, 6.07) is 12.5. The normalized spacial score (nSPS) is 11.3. The number of hydrogen-bond acceptors (Lipinski definition) is 4. The first-order chi connectivity index (χ1) is 12.2. The Morgan fingerprint density at radius 2 is 1.65 bits per heavy atom. The fourth-order valence-electron chi connectivity index (χ4n) is 2.10. The molecule has 0 aliphatic carbocycles. The molecular weight excluding hydrogens is 424 g/mol. The number of aliphatic carboxylic acids is 1. The molecule has 0 saturated heterocycles. The topological polar surface area (TPSA) is 104 Å². The molecule has 0 aliphatic rings. The molecule has 0 heterocycles. The smallest absolute Gasteiger partial charge is 0.318 e. The lowest BCUT2D eigenvalue weighted by Crippen LogP contribution is -2.43. The molecule has 0 spiro atoms. The van der Waals surface area contributed by atoms with Crippen molar-refractivity contribution in [2.24, 2.45) is 0 Å². The van der Waals surface area contributed by atoms with Gasteiger partial charge in [-0.1, -0.05) is 33.6 Å². The van der Waals surface area contributed by atoms with E-state index in [4.69, 9.17) is 5.11 Å². The fourth-order valence-corrected chi connectivity index (χ4v) is 3.66. The zero-order valence-electron chi connectivity index (χ0n) is 13.8. The lowest BCUT2D eigenvalue weighted by molar-refractivity contribution is -0.137. The number of hydrogen-bond donors (Lipinski definition) is 2. The van der Waals surface area contributed by atoms with E-state index >= 15 is 0 Å². The van der Waals surface area contributed by atoms with Crippen LogP contribution in [0.15, 0.2) is 57.9 Å². The highest BCUT2D eigenvalue weighted by atomic mass is 79.9. The number of nitrogens with one attached hydrogen (secondary N) is 1. The summed E-state index contributed by atoms with van der Waals surface area (Å²) in [4.78, 5) is 23.2. The van der Waals surface area contributed by atoms with Crippen LogP contribution in [0.1, 0.15) is 15.9 Å². The van der Waals surface area contributed by atoms with Crippen LogP contribution in [0.4, 0.5) is 0 Å². The zero-order valence-corrected chi connectivity index (χ0v) is 16.2. The van der Waals surface area contributed by atoms with Crippen molar-refractivity contribution in [2.75, 3.05) is 13.2 Å². The van der Waals surface area contributed by atoms with Crippen LogP contribution < -0.4 is 5.32 Å². The maximum absolute atomic E-state index is 12.7. The van der Waals surface area contributed by atoms with Crippen molar-refractivity contribution in [3.8, 4) is 0 Å². The number of carbonyl (C=O) groups is 2. The third-order valence-corrected chi connectivity index (χ3v) is 5.83. The first-order valence-electron chi connectivity index (χ1n) is 7.52. The Labute approximate surface area is 159 Å². The SMILES string of the molecule is Cc1ccc(S(=O)(=O)N(CNC(=O)c2ccc(Br)cc2)CC(=O)O)cc1. The van der Waals surface area contributed by atoms with Gasteiger partial charge in [0.25, 0.3) is 5.91 Å². The summed E-state index contributed by atoms with van der Waals surface area (Å²) in [5.41, 5.74) is 1.20. The van der Waals surface area contributed by atoms with Crippen LogP contribution in [0.25, 0.3) is 0 Å². The molecule has 0 saturated carbocycles. The minimum Gasteiger partial charge on any atom is -0.480 e. The number of carboxylic acids is 1. The van der Waals surface area contributed by atoms with Crippen molar-refractivity contribution < 1.29 is 23.1 Å². The Balaban J connectivity index is 2.18. The van der Waals surface area contributed by atoms with Crippen LogP contribution in [0.5, 0.6) is 0 Å². The van der Waals surface area contributed by atoms with E-state index < -0.39 is 35.1 Å². The Kier molecular flexibility index (Phi) is 6.52. The molecule has 1 amide bonds. The van der Waals surface area contributed by atoms with E-state index in [0.29, 0.717) is 9.87 Å². The second-order valence-electron chi connectivity index (χ2n) is 5.49. The second-order valence-corrected chi connectivity index (χ2v) is 8.35. The first-order valence-corrected chi connectivity index (χ1v) is 9.76. The molecule has 138 valence electrons. The number of amides is 1. The number of rotatable bonds is 7. The summed E-state index contributed by atoms with van der Waals surface area (Å²) in [7, 11) is -4.07. The van der Waals surface area contributed by atoms with Crippen LogP contribution in [0.3, 0.4) is 0 Å². The third-order valence-electron chi connectivity index (χ3n) is 3.49. The van der Waals surface area contributed by atoms with Gasteiger partial charge in [-0.2, -0.15) is 4.31 Å². The van der Waals surface area contributed by atoms with E-state index in [2.05, 4.69) is 21.2 Å². The van der Waals surface area contributed by atoms with Crippen molar-refractivity contribution in [1.29, 1.82) is 0 Å². The molecule has 0 aromatic heterocycles. The van der Waals surface area contributed by atoms with E-state index in [-0.39, 0.29) is 4.90 Å². The average Bonchev–Trinajstić information content (AvgIpc) is 2.59. The van der Waals surface area contributed by atoms with Crippen molar-refractivity contribution in [3.05, 3.63) is 64.1 Å². The predicted molar refractivity (Wildman–Crippen MR) is 99.2 cm³/mol. The Morgan fingerprint density at radius 3 is 2.19 bits per heavy atom. The van der Waals surface area contributed by atoms with Gasteiger partial charge in [-0.15, -0.1) is 0 Å². The monoisotopic (exact) mass is 440 g/mol. The fraction of sp³-hybridized carbons (Fsp3) is 0.176. The molecule has 0 fully saturated rings. The van der Waals surface area contributed by atoms with Gasteiger partial charge in [-0.25, -0.2) is 8.42 Å². The predicted octanol–water partition coefficient (Wildman–Crippen LogP) is 2.22. The number of aryl methyl sites for hydroxylation is 1. The van der Waals surface area contributed by atoms with E-state index in [1.165, 1.54) is 12.1 Å². The van der Waals surface area contributed by atoms with Gasteiger partial charge in [0.1, 0.15) is 6.54 Å². The maximum Gasteiger partial charge on any atom is 0.318 e. The maximum atomic E-state index is 12.7. The van der Waals surface area contributed by atoms with Crippen LogP contribution >= 0.6 is 15.9 Å². The molecule has 7 nitrogen and oxygen atoms in total. The van der Waals surface area contributed by atoms with Crippen molar-refractivity contribution >= 4 is 37.8 Å². The van der Waals surface area contributed by atoms with E-state index in [9.17, 15) is 18.0 Å². The number of halogens is 1. The molecule has 2 rings (SSSR count). The molecule has 0 bridgehead atoms. The highest BCUT2D eigenvalue weighted by Crippen LogP contribution is 2.16. The number of nitrogens with zero attached hydrogens (tertiary/aromatic N) is 1. The molecule has 2 aromatic rings. The molecule has 2 N–H and O–H groups in total. The third kappa shape index (κ3) is 5.13. The molecular formula is C17H17BrN2O5S. The summed E-state index contributed by atoms with van der Waals surface area (Å²) in [6.07, 6.45) is 0. The lowest BCUT2D eigenvalue weighted by atomic mass is 10.2. The summed E-state index contributed by atoms with van der Waals surface area (Å²) in [6.45, 7) is 0.581. The van der Waals surface area contributed by atoms with Gasteiger partial charge in [0.15, 0.2) is 0 Å². The van der Waals surface area contributed by atoms with Gasteiger partial charge >= 0.3 is 5.97 Å². The van der Waals surface area contributed by atoms with Gasteiger partial charge in [-0.3, -0.25) is 9.59 Å². The number of carboxylic acid groups (broad SMARTS) is 1. The van der Waals surface area contributed by atoms with Crippen molar-refractivity contribution in [2.45, 2.75) is 11.8 Å². The van der Waals surface area contributed by atoms with Gasteiger partial charge in [0.05, 0.1) is 11.6 Å². The van der Waals surface area contributed by atoms with Gasteiger partial charge in [0, 0.05) is 10.0 Å². The zero-order chi connectivity index (χ0) is 19.3. The van der Waals surface area contributed by atoms with Gasteiger partial charge < -0.3 is 10.4 Å². The Morgan fingerprint density at radius 1 is 1.08 bits per heavy atom. The van der Waals surface area contributed by atoms with E-state index in [1.807, 2.05) is 6.92 Å². The van der Waals surface area contributed by atoms with Crippen molar-refractivity contribution in [1.82, 2.24) is 9.62 Å². The highest BCUT2D eigenvalue weighted by Gasteiger charge is 2.27. The van der Waals surface area contributed by atoms with Gasteiger partial charge in [0.2, 0.25) is 10.0 Å². The molecule has 0 aliphatic heterocycles. The number of carbonyl (C=O) groups excluding carboxylic acids is 1. The molecule has 26 heavy (non-hydrogen) atoms. The summed E-state index contributed by atoms with van der Waals surface area (Å²) in [5.74, 6) is -1.83. The van der Waals surface area contributed by atoms with Crippen LogP contribution in [0, 0.1) is 6.92 Å². The second kappa shape index (κ2) is 8.43. The minimum atomic E-state index is -4.07. The summed E-state index contributed by atoms with van der Waals surface area (Å²) in [5, 5.41) is 11.5. The number of benzene rings is 2. The number of sulfonamides is 1. The Bertz CT molecular complexity index is 896. The van der Waals surface area contributed by atoms with Crippen LogP contribution in [-0.2, 0) is 14.8 Å². The largest absolute Gasteiger partial charge is 0.480 e. The van der Waals surface area contributed by atoms with E-state index in [1.54, 1.807) is 36.4 Å². The standard InChI is InChI=1S/C17H17BrN2O5S/c1-12-2-8-15(9-3-12)26(24,25)20(10-16(21)22)11-19-17(23)13-4-6-14(18)7-5-13/h2-9H,10-11H2,1H3,(H,19,23)(H,21,22). The lowest BCUT2D eigenvalue weighted by Gasteiger charge is -2.21. The molecule has 9 heteroatoms.